The van der Waals surface area contributed by atoms with Gasteiger partial charge in [0.05, 0.1) is 12.5 Å². The van der Waals surface area contributed by atoms with Crippen LogP contribution in [0.4, 0.5) is 0 Å². The van der Waals surface area contributed by atoms with Gasteiger partial charge in [0, 0.05) is 5.41 Å². The van der Waals surface area contributed by atoms with Crippen molar-refractivity contribution >= 4 is 11.8 Å². The fourth-order valence-corrected chi connectivity index (χ4v) is 3.94. The van der Waals surface area contributed by atoms with E-state index in [1.165, 1.54) is 0 Å². The molecule has 2 rings (SSSR count). The number of carbonyl (C=O) groups excluding carboxylic acids is 2. The Hall–Kier alpha value is -1.12. The lowest BCUT2D eigenvalue weighted by Crippen LogP contribution is -2.32. The number of ketones is 1. The van der Waals surface area contributed by atoms with Gasteiger partial charge in [-0.3, -0.25) is 9.59 Å². The summed E-state index contributed by atoms with van der Waals surface area (Å²) in [7, 11) is 0. The summed E-state index contributed by atoms with van der Waals surface area (Å²) in [6, 6.07) is 0. The first kappa shape index (κ1) is 15.3. The van der Waals surface area contributed by atoms with E-state index in [9.17, 15) is 9.59 Å². The second-order valence-electron chi connectivity index (χ2n) is 6.86. The van der Waals surface area contributed by atoms with E-state index in [4.69, 9.17) is 4.74 Å². The normalized spacial score (nSPS) is 34.5. The fraction of sp³-hybridized carbons (Fsp3) is 0.765. The third-order valence-electron chi connectivity index (χ3n) is 5.77. The minimum absolute atomic E-state index is 0.00285. The zero-order chi connectivity index (χ0) is 15.1. The van der Waals surface area contributed by atoms with Crippen molar-refractivity contribution in [3.63, 3.8) is 0 Å². The highest BCUT2D eigenvalue weighted by molar-refractivity contribution is 6.05. The zero-order valence-corrected chi connectivity index (χ0v) is 13.3. The molecule has 0 aromatic heterocycles. The molecule has 3 heteroatoms. The van der Waals surface area contributed by atoms with Crippen LogP contribution in [0.3, 0.4) is 0 Å². The van der Waals surface area contributed by atoms with Gasteiger partial charge in [0.1, 0.15) is 0 Å². The number of rotatable bonds is 4. The lowest BCUT2D eigenvalue weighted by molar-refractivity contribution is -0.146. The molecule has 0 saturated heterocycles. The first-order valence-corrected chi connectivity index (χ1v) is 7.72. The van der Waals surface area contributed by atoms with Crippen molar-refractivity contribution in [3.05, 3.63) is 11.6 Å². The maximum Gasteiger partial charge on any atom is 0.312 e. The highest BCUT2D eigenvalue weighted by atomic mass is 16.5. The smallest absolute Gasteiger partial charge is 0.312 e. The van der Waals surface area contributed by atoms with E-state index in [0.717, 1.165) is 18.4 Å². The van der Waals surface area contributed by atoms with Gasteiger partial charge in [0.2, 0.25) is 0 Å². The monoisotopic (exact) mass is 278 g/mol. The van der Waals surface area contributed by atoms with E-state index in [0.29, 0.717) is 18.9 Å². The lowest BCUT2D eigenvalue weighted by Gasteiger charge is -2.31. The summed E-state index contributed by atoms with van der Waals surface area (Å²) in [6.45, 7) is 10.6. The summed E-state index contributed by atoms with van der Waals surface area (Å²) in [6.07, 6.45) is 4.61. The molecular formula is C17H26O3. The molecule has 3 atom stereocenters. The Bertz CT molecular complexity index is 461. The van der Waals surface area contributed by atoms with Crippen LogP contribution in [0.1, 0.15) is 53.9 Å². The van der Waals surface area contributed by atoms with Crippen molar-refractivity contribution in [2.45, 2.75) is 53.9 Å². The van der Waals surface area contributed by atoms with Crippen LogP contribution in [-0.4, -0.2) is 18.4 Å². The van der Waals surface area contributed by atoms with Gasteiger partial charge in [-0.25, -0.2) is 0 Å². The van der Waals surface area contributed by atoms with Gasteiger partial charge in [-0.1, -0.05) is 33.8 Å². The Labute approximate surface area is 121 Å². The summed E-state index contributed by atoms with van der Waals surface area (Å²) in [5.74, 6) is 0.0543. The molecule has 2 fully saturated rings. The summed E-state index contributed by atoms with van der Waals surface area (Å²) >= 11 is 0. The molecule has 0 aromatic rings. The van der Waals surface area contributed by atoms with Crippen molar-refractivity contribution < 1.29 is 14.3 Å². The molecule has 2 aliphatic rings. The van der Waals surface area contributed by atoms with E-state index in [2.05, 4.69) is 20.8 Å². The maximum absolute atomic E-state index is 12.7. The van der Waals surface area contributed by atoms with E-state index in [1.807, 2.05) is 19.9 Å². The Kier molecular flexibility index (Phi) is 3.83. The molecule has 0 heterocycles. The van der Waals surface area contributed by atoms with Crippen LogP contribution >= 0.6 is 0 Å². The number of ether oxygens (including phenoxy) is 1. The number of hydrogen-bond acceptors (Lipinski definition) is 3. The minimum Gasteiger partial charge on any atom is -0.466 e. The van der Waals surface area contributed by atoms with Crippen LogP contribution < -0.4 is 0 Å². The number of hydrogen-bond donors (Lipinski definition) is 0. The van der Waals surface area contributed by atoms with E-state index in [-0.39, 0.29) is 28.5 Å². The van der Waals surface area contributed by atoms with Gasteiger partial charge >= 0.3 is 5.97 Å². The highest BCUT2D eigenvalue weighted by Gasteiger charge is 2.63. The van der Waals surface area contributed by atoms with Gasteiger partial charge in [0.15, 0.2) is 5.78 Å². The lowest BCUT2D eigenvalue weighted by atomic mass is 9.70. The van der Waals surface area contributed by atoms with Crippen LogP contribution in [0.5, 0.6) is 0 Å². The quantitative estimate of drug-likeness (QED) is 0.583. The summed E-state index contributed by atoms with van der Waals surface area (Å²) in [4.78, 5) is 24.7. The highest BCUT2D eigenvalue weighted by Crippen LogP contribution is 2.65. The molecule has 20 heavy (non-hydrogen) atoms. The number of fused-ring (bicyclic) bond motifs is 2. The number of Topliss-reactive ketones (excluding diaryl/α,β-unsaturated/α-hetero) is 1. The summed E-state index contributed by atoms with van der Waals surface area (Å²) in [5.41, 5.74) is 0.628. The largest absolute Gasteiger partial charge is 0.466 e. The van der Waals surface area contributed by atoms with Gasteiger partial charge in [0.25, 0.3) is 0 Å². The van der Waals surface area contributed by atoms with Crippen molar-refractivity contribution in [1.29, 1.82) is 0 Å². The van der Waals surface area contributed by atoms with Gasteiger partial charge in [-0.15, -0.1) is 0 Å². The molecule has 2 saturated carbocycles. The fourth-order valence-electron chi connectivity index (χ4n) is 3.94. The van der Waals surface area contributed by atoms with E-state index in [1.54, 1.807) is 0 Å². The molecule has 2 aliphatic carbocycles. The average Bonchev–Trinajstić information content (AvgIpc) is 2.69. The van der Waals surface area contributed by atoms with Gasteiger partial charge in [-0.2, -0.15) is 0 Å². The van der Waals surface area contributed by atoms with Crippen LogP contribution in [0.2, 0.25) is 0 Å². The van der Waals surface area contributed by atoms with Gasteiger partial charge in [-0.05, 0) is 43.1 Å². The standard InChI is InChI=1S/C17H26O3/c1-6-11(15(19)20-7-2)10-12-13-8-9-17(5,14(12)18)16(13,3)4/h10-11,13H,6-9H2,1-5H3. The molecule has 0 amide bonds. The van der Waals surface area contributed by atoms with Crippen LogP contribution in [0.15, 0.2) is 11.6 Å². The first-order valence-electron chi connectivity index (χ1n) is 7.72. The molecular weight excluding hydrogens is 252 g/mol. The number of carbonyl (C=O) groups is 2. The molecule has 0 aliphatic heterocycles. The van der Waals surface area contributed by atoms with Crippen molar-refractivity contribution in [2.24, 2.45) is 22.7 Å². The Morgan fingerprint density at radius 1 is 1.40 bits per heavy atom. The van der Waals surface area contributed by atoms with Crippen LogP contribution in [0, 0.1) is 22.7 Å². The predicted molar refractivity (Wildman–Crippen MR) is 78.1 cm³/mol. The van der Waals surface area contributed by atoms with E-state index >= 15 is 0 Å². The third-order valence-corrected chi connectivity index (χ3v) is 5.77. The molecule has 3 nitrogen and oxygen atoms in total. The molecule has 3 unspecified atom stereocenters. The van der Waals surface area contributed by atoms with Crippen molar-refractivity contribution in [3.8, 4) is 0 Å². The van der Waals surface area contributed by atoms with E-state index < -0.39 is 0 Å². The molecule has 0 spiro atoms. The maximum atomic E-state index is 12.7. The Balaban J connectivity index is 2.32. The van der Waals surface area contributed by atoms with Crippen LogP contribution in [-0.2, 0) is 14.3 Å². The summed E-state index contributed by atoms with van der Waals surface area (Å²) in [5, 5.41) is 0. The summed E-state index contributed by atoms with van der Waals surface area (Å²) < 4.78 is 5.10. The van der Waals surface area contributed by atoms with Gasteiger partial charge < -0.3 is 4.74 Å². The predicted octanol–water partition coefficient (Wildman–Crippen LogP) is 3.53. The Morgan fingerprint density at radius 2 is 2.05 bits per heavy atom. The molecule has 0 aromatic carbocycles. The minimum atomic E-state index is -0.285. The number of allylic oxidation sites excluding steroid dienone is 1. The topological polar surface area (TPSA) is 43.4 Å². The zero-order valence-electron chi connectivity index (χ0n) is 13.3. The molecule has 2 bridgehead atoms. The van der Waals surface area contributed by atoms with Crippen molar-refractivity contribution in [2.75, 3.05) is 6.61 Å². The van der Waals surface area contributed by atoms with Crippen LogP contribution in [0.25, 0.3) is 0 Å². The second-order valence-corrected chi connectivity index (χ2v) is 6.86. The SMILES string of the molecule is CCOC(=O)C(C=C1C(=O)C2(C)CCC1C2(C)C)CC. The first-order chi connectivity index (χ1) is 9.29. The van der Waals surface area contributed by atoms with Crippen molar-refractivity contribution in [1.82, 2.24) is 0 Å². The third kappa shape index (κ3) is 1.94. The number of esters is 1. The molecule has 112 valence electrons. The average molecular weight is 278 g/mol. The Morgan fingerprint density at radius 3 is 2.50 bits per heavy atom. The molecule has 0 radical (unpaired) electrons. The second kappa shape index (κ2) is 5.01. The molecule has 0 N–H and O–H groups in total.